The van der Waals surface area contributed by atoms with Gasteiger partial charge in [0.05, 0.1) is 0 Å². The van der Waals surface area contributed by atoms with Gasteiger partial charge in [0.25, 0.3) is 0 Å². The number of hydrogen-bond donors (Lipinski definition) is 1. The van der Waals surface area contributed by atoms with Crippen LogP contribution in [0.1, 0.15) is 0 Å². The zero-order valence-electron chi connectivity index (χ0n) is 6.42. The zero-order valence-corrected chi connectivity index (χ0v) is 7.18. The molecule has 0 unspecified atom stereocenters. The molecule has 0 spiro atoms. The van der Waals surface area contributed by atoms with Gasteiger partial charge in [-0.05, 0) is 22.6 Å². The Balaban J connectivity index is 2.53. The molecule has 0 saturated carbocycles. The van der Waals surface area contributed by atoms with Crippen molar-refractivity contribution in [2.75, 3.05) is 0 Å². The first-order chi connectivity index (χ1) is 6.27. The second-order valence-electron chi connectivity index (χ2n) is 2.40. The Kier molecular flexibility index (Phi) is 1.86. The van der Waals surface area contributed by atoms with E-state index in [1.807, 2.05) is 0 Å². The van der Waals surface area contributed by atoms with E-state index in [2.05, 4.69) is 15.5 Å². The molecule has 0 radical (unpaired) electrons. The Hall–Kier alpha value is -1.62. The van der Waals surface area contributed by atoms with Gasteiger partial charge in [-0.25, -0.2) is 0 Å². The molecule has 6 heteroatoms. The van der Waals surface area contributed by atoms with Gasteiger partial charge in [0.15, 0.2) is 0 Å². The molecule has 0 aliphatic rings. The number of nitrogens with zero attached hydrogens (tertiary/aromatic N) is 4. The van der Waals surface area contributed by atoms with Crippen LogP contribution in [-0.2, 0) is 0 Å². The van der Waals surface area contributed by atoms with Gasteiger partial charge in [0.1, 0.15) is 0 Å². The highest BCUT2D eigenvalue weighted by Gasteiger charge is 2.07. The molecule has 0 bridgehead atoms. The average molecular weight is 197 g/mol. The van der Waals surface area contributed by atoms with E-state index in [1.54, 1.807) is 24.3 Å². The summed E-state index contributed by atoms with van der Waals surface area (Å²) >= 11 is 5.75. The first-order valence-electron chi connectivity index (χ1n) is 3.51. The lowest BCUT2D eigenvalue weighted by Gasteiger charge is -1.96. The molecule has 1 heterocycles. The van der Waals surface area contributed by atoms with E-state index in [9.17, 15) is 0 Å². The Labute approximate surface area is 78.5 Å². The van der Waals surface area contributed by atoms with Crippen molar-refractivity contribution in [3.8, 4) is 11.4 Å². The summed E-state index contributed by atoms with van der Waals surface area (Å²) in [7, 11) is 0. The minimum atomic E-state index is 0.266. The van der Waals surface area contributed by atoms with Crippen LogP contribution in [0.2, 0.25) is 5.02 Å². The Morgan fingerprint density at radius 1 is 1.38 bits per heavy atom. The standard InChI is InChI=1S/C7H5ClN4O/c8-6-3-1-2-5(4-6)7-9-10-11-12(7)13/h1-4,13H. The van der Waals surface area contributed by atoms with E-state index in [4.69, 9.17) is 16.8 Å². The molecule has 0 aliphatic heterocycles. The molecule has 0 aliphatic carbocycles. The summed E-state index contributed by atoms with van der Waals surface area (Å²) in [5, 5.41) is 19.9. The van der Waals surface area contributed by atoms with Crippen LogP contribution in [0.5, 0.6) is 0 Å². The molecule has 2 rings (SSSR count). The number of tetrazole rings is 1. The summed E-state index contributed by atoms with van der Waals surface area (Å²) < 4.78 is 0. The summed E-state index contributed by atoms with van der Waals surface area (Å²) in [6.07, 6.45) is 0. The summed E-state index contributed by atoms with van der Waals surface area (Å²) in [5.74, 6) is 0.266. The number of halogens is 1. The molecular weight excluding hydrogens is 192 g/mol. The van der Waals surface area contributed by atoms with Crippen LogP contribution >= 0.6 is 11.6 Å². The maximum atomic E-state index is 9.13. The molecule has 0 saturated heterocycles. The van der Waals surface area contributed by atoms with Crippen LogP contribution in [0.3, 0.4) is 0 Å². The minimum absolute atomic E-state index is 0.266. The smallest absolute Gasteiger partial charge is 0.222 e. The quantitative estimate of drug-likeness (QED) is 0.697. The van der Waals surface area contributed by atoms with Gasteiger partial charge < -0.3 is 5.21 Å². The summed E-state index contributed by atoms with van der Waals surface area (Å²) in [6.45, 7) is 0. The van der Waals surface area contributed by atoms with E-state index in [-0.39, 0.29) is 5.82 Å². The SMILES string of the molecule is On1nnnc1-c1cccc(Cl)c1. The molecular formula is C7H5ClN4O. The monoisotopic (exact) mass is 196 g/mol. The highest BCUT2D eigenvalue weighted by molar-refractivity contribution is 6.30. The molecule has 13 heavy (non-hydrogen) atoms. The third-order valence-electron chi connectivity index (χ3n) is 1.54. The van der Waals surface area contributed by atoms with Gasteiger partial charge in [0, 0.05) is 10.6 Å². The van der Waals surface area contributed by atoms with Crippen molar-refractivity contribution in [1.82, 2.24) is 20.4 Å². The Morgan fingerprint density at radius 2 is 2.23 bits per heavy atom. The lowest BCUT2D eigenvalue weighted by molar-refractivity contribution is 0.147. The van der Waals surface area contributed by atoms with Crippen molar-refractivity contribution < 1.29 is 5.21 Å². The van der Waals surface area contributed by atoms with Crippen molar-refractivity contribution >= 4 is 11.6 Å². The summed E-state index contributed by atoms with van der Waals surface area (Å²) in [4.78, 5) is 0.603. The van der Waals surface area contributed by atoms with Gasteiger partial charge in [-0.1, -0.05) is 28.6 Å². The molecule has 1 aromatic carbocycles. The van der Waals surface area contributed by atoms with E-state index < -0.39 is 0 Å². The molecule has 0 fully saturated rings. The van der Waals surface area contributed by atoms with E-state index in [0.29, 0.717) is 15.4 Å². The van der Waals surface area contributed by atoms with Crippen LogP contribution < -0.4 is 0 Å². The fraction of sp³-hybridized carbons (Fsp3) is 0. The largest absolute Gasteiger partial charge is 0.409 e. The lowest BCUT2D eigenvalue weighted by Crippen LogP contribution is -1.95. The second-order valence-corrected chi connectivity index (χ2v) is 2.84. The normalized spacial score (nSPS) is 10.2. The molecule has 1 N–H and O–H groups in total. The van der Waals surface area contributed by atoms with Crippen LogP contribution in [0.25, 0.3) is 11.4 Å². The fourth-order valence-corrected chi connectivity index (χ4v) is 1.17. The third kappa shape index (κ3) is 1.46. The predicted octanol–water partition coefficient (Wildman–Crippen LogP) is 1.23. The van der Waals surface area contributed by atoms with Gasteiger partial charge >= 0.3 is 0 Å². The van der Waals surface area contributed by atoms with Crippen molar-refractivity contribution in [2.24, 2.45) is 0 Å². The summed E-state index contributed by atoms with van der Waals surface area (Å²) in [6, 6.07) is 6.91. The van der Waals surface area contributed by atoms with Gasteiger partial charge in [-0.3, -0.25) is 0 Å². The maximum Gasteiger partial charge on any atom is 0.222 e. The molecule has 66 valence electrons. The van der Waals surface area contributed by atoms with Crippen LogP contribution in [0.15, 0.2) is 24.3 Å². The van der Waals surface area contributed by atoms with Gasteiger partial charge in [-0.2, -0.15) is 0 Å². The number of aromatic nitrogens is 4. The van der Waals surface area contributed by atoms with Gasteiger partial charge in [-0.15, -0.1) is 5.10 Å². The van der Waals surface area contributed by atoms with Crippen LogP contribution in [0.4, 0.5) is 0 Å². The van der Waals surface area contributed by atoms with Crippen molar-refractivity contribution in [2.45, 2.75) is 0 Å². The van der Waals surface area contributed by atoms with E-state index in [0.717, 1.165) is 0 Å². The Morgan fingerprint density at radius 3 is 2.85 bits per heavy atom. The van der Waals surface area contributed by atoms with E-state index >= 15 is 0 Å². The molecule has 0 amide bonds. The summed E-state index contributed by atoms with van der Waals surface area (Å²) in [5.41, 5.74) is 0.667. The van der Waals surface area contributed by atoms with Crippen LogP contribution in [0, 0.1) is 0 Å². The third-order valence-corrected chi connectivity index (χ3v) is 1.77. The maximum absolute atomic E-state index is 9.13. The molecule has 5 nitrogen and oxygen atoms in total. The lowest BCUT2D eigenvalue weighted by atomic mass is 10.2. The second kappa shape index (κ2) is 3.02. The van der Waals surface area contributed by atoms with E-state index in [1.165, 1.54) is 0 Å². The van der Waals surface area contributed by atoms with Crippen molar-refractivity contribution in [1.29, 1.82) is 0 Å². The average Bonchev–Trinajstić information content (AvgIpc) is 2.51. The predicted molar refractivity (Wildman–Crippen MR) is 45.4 cm³/mol. The zero-order chi connectivity index (χ0) is 9.26. The minimum Gasteiger partial charge on any atom is -0.409 e. The highest BCUT2D eigenvalue weighted by atomic mass is 35.5. The van der Waals surface area contributed by atoms with Crippen LogP contribution in [-0.4, -0.2) is 25.6 Å². The highest BCUT2D eigenvalue weighted by Crippen LogP contribution is 2.18. The molecule has 0 atom stereocenters. The Bertz CT molecular complexity index is 428. The van der Waals surface area contributed by atoms with Crippen molar-refractivity contribution in [3.63, 3.8) is 0 Å². The topological polar surface area (TPSA) is 63.8 Å². The molecule has 1 aromatic heterocycles. The first-order valence-corrected chi connectivity index (χ1v) is 3.89. The van der Waals surface area contributed by atoms with Crippen molar-refractivity contribution in [3.05, 3.63) is 29.3 Å². The fourth-order valence-electron chi connectivity index (χ4n) is 0.983. The number of benzene rings is 1. The first kappa shape index (κ1) is 8.00. The van der Waals surface area contributed by atoms with Gasteiger partial charge in [0.2, 0.25) is 5.82 Å². The molecule has 2 aromatic rings. The number of hydrogen-bond acceptors (Lipinski definition) is 4. The number of rotatable bonds is 1.